The van der Waals surface area contributed by atoms with E-state index in [1.165, 1.54) is 6.07 Å². The van der Waals surface area contributed by atoms with Crippen molar-refractivity contribution >= 4 is 11.6 Å². The third-order valence-corrected chi connectivity index (χ3v) is 4.30. The van der Waals surface area contributed by atoms with Crippen LogP contribution >= 0.6 is 11.6 Å². The molecule has 114 valence electrons. The SMILES string of the molecule is CCC(CC)(CNCCOC)Cc1ccc(Cl)cc1F. The molecule has 0 heterocycles. The van der Waals surface area contributed by atoms with Gasteiger partial charge in [0, 0.05) is 25.2 Å². The van der Waals surface area contributed by atoms with Gasteiger partial charge in [0.15, 0.2) is 0 Å². The second kappa shape index (κ2) is 8.60. The van der Waals surface area contributed by atoms with Gasteiger partial charge in [-0.05, 0) is 42.4 Å². The summed E-state index contributed by atoms with van der Waals surface area (Å²) in [5.74, 6) is -0.208. The Balaban J connectivity index is 2.74. The smallest absolute Gasteiger partial charge is 0.127 e. The number of methoxy groups -OCH3 is 1. The van der Waals surface area contributed by atoms with Gasteiger partial charge in [0.1, 0.15) is 5.82 Å². The molecule has 0 aliphatic carbocycles. The third-order valence-electron chi connectivity index (χ3n) is 4.06. The van der Waals surface area contributed by atoms with Crippen LogP contribution in [-0.4, -0.2) is 26.8 Å². The molecule has 1 aromatic rings. The fraction of sp³-hybridized carbons (Fsp3) is 0.625. The van der Waals surface area contributed by atoms with Crippen LogP contribution in [-0.2, 0) is 11.2 Å². The zero-order valence-corrected chi connectivity index (χ0v) is 13.4. The molecule has 0 saturated heterocycles. The number of hydrogen-bond donors (Lipinski definition) is 1. The second-order valence-corrected chi connectivity index (χ2v) is 5.73. The Morgan fingerprint density at radius 3 is 2.55 bits per heavy atom. The maximum atomic E-state index is 14.0. The number of rotatable bonds is 9. The van der Waals surface area contributed by atoms with Crippen molar-refractivity contribution in [3.63, 3.8) is 0 Å². The molecule has 0 aliphatic rings. The van der Waals surface area contributed by atoms with Gasteiger partial charge >= 0.3 is 0 Å². The normalized spacial score (nSPS) is 11.8. The molecule has 0 saturated carbocycles. The molecule has 0 spiro atoms. The molecule has 1 N–H and O–H groups in total. The van der Waals surface area contributed by atoms with Crippen molar-refractivity contribution in [1.29, 1.82) is 0 Å². The van der Waals surface area contributed by atoms with Crippen molar-refractivity contribution in [1.82, 2.24) is 5.32 Å². The van der Waals surface area contributed by atoms with Gasteiger partial charge < -0.3 is 10.1 Å². The van der Waals surface area contributed by atoms with Crippen molar-refractivity contribution in [2.45, 2.75) is 33.1 Å². The molecule has 1 aromatic carbocycles. The number of benzene rings is 1. The van der Waals surface area contributed by atoms with Crippen LogP contribution < -0.4 is 5.32 Å². The van der Waals surface area contributed by atoms with Gasteiger partial charge in [-0.25, -0.2) is 4.39 Å². The van der Waals surface area contributed by atoms with E-state index in [1.807, 2.05) is 0 Å². The summed E-state index contributed by atoms with van der Waals surface area (Å²) in [5.41, 5.74) is 0.814. The zero-order chi connectivity index (χ0) is 15.0. The molecule has 0 amide bonds. The summed E-state index contributed by atoms with van der Waals surface area (Å²) in [5, 5.41) is 3.85. The topological polar surface area (TPSA) is 21.3 Å². The lowest BCUT2D eigenvalue weighted by atomic mass is 9.76. The van der Waals surface area contributed by atoms with Gasteiger partial charge in [-0.3, -0.25) is 0 Å². The molecule has 0 bridgehead atoms. The summed E-state index contributed by atoms with van der Waals surface area (Å²) in [6, 6.07) is 4.95. The van der Waals surface area contributed by atoms with Crippen LogP contribution in [0.15, 0.2) is 18.2 Å². The highest BCUT2D eigenvalue weighted by Gasteiger charge is 2.27. The minimum absolute atomic E-state index is 0.0718. The molecule has 0 unspecified atom stereocenters. The van der Waals surface area contributed by atoms with Gasteiger partial charge in [-0.15, -0.1) is 0 Å². The fourth-order valence-electron chi connectivity index (χ4n) is 2.41. The quantitative estimate of drug-likeness (QED) is 0.694. The van der Waals surface area contributed by atoms with E-state index in [1.54, 1.807) is 19.2 Å². The lowest BCUT2D eigenvalue weighted by molar-refractivity contribution is 0.185. The monoisotopic (exact) mass is 301 g/mol. The largest absolute Gasteiger partial charge is 0.383 e. The van der Waals surface area contributed by atoms with Crippen LogP contribution in [0, 0.1) is 11.2 Å². The Morgan fingerprint density at radius 1 is 1.30 bits per heavy atom. The molecule has 2 nitrogen and oxygen atoms in total. The number of ether oxygens (including phenoxy) is 1. The third kappa shape index (κ3) is 5.04. The first-order valence-corrected chi connectivity index (χ1v) is 7.58. The summed E-state index contributed by atoms with van der Waals surface area (Å²) >= 11 is 5.81. The van der Waals surface area contributed by atoms with Crippen LogP contribution in [0.1, 0.15) is 32.3 Å². The predicted octanol–water partition coefficient (Wildman–Crippen LogP) is 4.06. The van der Waals surface area contributed by atoms with E-state index in [2.05, 4.69) is 19.2 Å². The van der Waals surface area contributed by atoms with E-state index in [0.717, 1.165) is 37.9 Å². The highest BCUT2D eigenvalue weighted by molar-refractivity contribution is 6.30. The molecule has 0 aliphatic heterocycles. The fourth-order valence-corrected chi connectivity index (χ4v) is 2.57. The number of nitrogens with one attached hydrogen (secondary N) is 1. The Hall–Kier alpha value is -0.640. The molecular formula is C16H25ClFNO. The summed E-state index contributed by atoms with van der Waals surface area (Å²) < 4.78 is 19.0. The van der Waals surface area contributed by atoms with E-state index < -0.39 is 0 Å². The first-order chi connectivity index (χ1) is 9.56. The van der Waals surface area contributed by atoms with Gasteiger partial charge in [0.2, 0.25) is 0 Å². The van der Waals surface area contributed by atoms with E-state index in [9.17, 15) is 4.39 Å². The van der Waals surface area contributed by atoms with Gasteiger partial charge in [-0.1, -0.05) is 31.5 Å². The van der Waals surface area contributed by atoms with E-state index in [0.29, 0.717) is 11.6 Å². The van der Waals surface area contributed by atoms with Crippen LogP contribution in [0.2, 0.25) is 5.02 Å². The molecule has 1 rings (SSSR count). The average Bonchev–Trinajstić information content (AvgIpc) is 2.45. The minimum Gasteiger partial charge on any atom is -0.383 e. The van der Waals surface area contributed by atoms with Crippen LogP contribution in [0.4, 0.5) is 4.39 Å². The van der Waals surface area contributed by atoms with E-state index in [-0.39, 0.29) is 11.2 Å². The maximum Gasteiger partial charge on any atom is 0.127 e. The average molecular weight is 302 g/mol. The zero-order valence-electron chi connectivity index (χ0n) is 12.6. The first-order valence-electron chi connectivity index (χ1n) is 7.20. The van der Waals surface area contributed by atoms with Crippen molar-refractivity contribution < 1.29 is 9.13 Å². The Kier molecular flexibility index (Phi) is 7.49. The molecule has 0 fully saturated rings. The highest BCUT2D eigenvalue weighted by Crippen LogP contribution is 2.31. The molecular weight excluding hydrogens is 277 g/mol. The van der Waals surface area contributed by atoms with Crippen LogP contribution in [0.3, 0.4) is 0 Å². The van der Waals surface area contributed by atoms with Crippen molar-refractivity contribution in [3.8, 4) is 0 Å². The molecule has 4 heteroatoms. The Bertz CT molecular complexity index is 407. The standard InChI is InChI=1S/C16H25ClFNO/c1-4-16(5-2,12-19-8-9-20-3)11-13-6-7-14(17)10-15(13)18/h6-7,10,19H,4-5,8-9,11-12H2,1-3H3. The second-order valence-electron chi connectivity index (χ2n) is 5.29. The van der Waals surface area contributed by atoms with E-state index >= 15 is 0 Å². The van der Waals surface area contributed by atoms with Gasteiger partial charge in [-0.2, -0.15) is 0 Å². The molecule has 0 aromatic heterocycles. The van der Waals surface area contributed by atoms with Crippen LogP contribution in [0.5, 0.6) is 0 Å². The highest BCUT2D eigenvalue weighted by atomic mass is 35.5. The predicted molar refractivity (Wildman–Crippen MR) is 82.9 cm³/mol. The lowest BCUT2D eigenvalue weighted by Gasteiger charge is -2.32. The molecule has 0 radical (unpaired) electrons. The summed E-state index contributed by atoms with van der Waals surface area (Å²) in [7, 11) is 1.69. The van der Waals surface area contributed by atoms with Crippen molar-refractivity contribution in [3.05, 3.63) is 34.6 Å². The van der Waals surface area contributed by atoms with E-state index in [4.69, 9.17) is 16.3 Å². The lowest BCUT2D eigenvalue weighted by Crippen LogP contribution is -2.37. The number of hydrogen-bond acceptors (Lipinski definition) is 2. The number of halogens is 2. The molecule has 20 heavy (non-hydrogen) atoms. The van der Waals surface area contributed by atoms with Gasteiger partial charge in [0.05, 0.1) is 6.61 Å². The maximum absolute atomic E-state index is 14.0. The van der Waals surface area contributed by atoms with Crippen LogP contribution in [0.25, 0.3) is 0 Å². The first kappa shape index (κ1) is 17.4. The van der Waals surface area contributed by atoms with Gasteiger partial charge in [0.25, 0.3) is 0 Å². The Labute approximate surface area is 126 Å². The van der Waals surface area contributed by atoms with Crippen molar-refractivity contribution in [2.75, 3.05) is 26.8 Å². The summed E-state index contributed by atoms with van der Waals surface area (Å²) in [4.78, 5) is 0. The van der Waals surface area contributed by atoms with Crippen molar-refractivity contribution in [2.24, 2.45) is 5.41 Å². The minimum atomic E-state index is -0.208. The molecule has 0 atom stereocenters. The summed E-state index contributed by atoms with van der Waals surface area (Å²) in [6.45, 7) is 6.70. The summed E-state index contributed by atoms with van der Waals surface area (Å²) in [6.07, 6.45) is 2.74. The Morgan fingerprint density at radius 2 is 2.00 bits per heavy atom.